The third kappa shape index (κ3) is 3.44. The number of carbonyl (C=O) groups excluding carboxylic acids is 1. The lowest BCUT2D eigenvalue weighted by atomic mass is 9.96. The second-order valence-corrected chi connectivity index (χ2v) is 6.80. The normalized spacial score (nSPS) is 12.1. The van der Waals surface area contributed by atoms with E-state index in [0.29, 0.717) is 6.54 Å². The van der Waals surface area contributed by atoms with E-state index >= 15 is 0 Å². The first-order valence-corrected chi connectivity index (χ1v) is 8.86. The molecule has 1 unspecified atom stereocenters. The third-order valence-electron chi connectivity index (χ3n) is 4.32. The van der Waals surface area contributed by atoms with Crippen LogP contribution in [0.4, 0.5) is 0 Å². The monoisotopic (exact) mass is 339 g/mol. The lowest BCUT2D eigenvalue weighted by molar-refractivity contribution is -0.131. The molecule has 1 amide bonds. The van der Waals surface area contributed by atoms with Gasteiger partial charge < -0.3 is 9.64 Å². The number of benzene rings is 2. The van der Waals surface area contributed by atoms with Crippen molar-refractivity contribution in [2.24, 2.45) is 0 Å². The quantitative estimate of drug-likeness (QED) is 0.676. The Morgan fingerprint density at radius 2 is 1.92 bits per heavy atom. The maximum atomic E-state index is 12.7. The van der Waals surface area contributed by atoms with Gasteiger partial charge in [0.25, 0.3) is 0 Å². The van der Waals surface area contributed by atoms with Crippen LogP contribution < -0.4 is 4.74 Å². The van der Waals surface area contributed by atoms with Gasteiger partial charge in [0.2, 0.25) is 5.91 Å². The fourth-order valence-electron chi connectivity index (χ4n) is 2.85. The van der Waals surface area contributed by atoms with Gasteiger partial charge in [0.1, 0.15) is 5.75 Å². The minimum Gasteiger partial charge on any atom is -0.497 e. The molecule has 2 aromatic carbocycles. The lowest BCUT2D eigenvalue weighted by Crippen LogP contribution is -2.30. The van der Waals surface area contributed by atoms with Gasteiger partial charge >= 0.3 is 0 Å². The molecule has 24 heavy (non-hydrogen) atoms. The highest BCUT2D eigenvalue weighted by Gasteiger charge is 2.19. The summed E-state index contributed by atoms with van der Waals surface area (Å²) < 4.78 is 5.26. The Kier molecular flexibility index (Phi) is 4.86. The molecular weight excluding hydrogens is 318 g/mol. The molecule has 0 aliphatic heterocycles. The first-order valence-electron chi connectivity index (χ1n) is 7.92. The van der Waals surface area contributed by atoms with Crippen molar-refractivity contribution in [3.05, 3.63) is 64.4 Å². The molecule has 1 heterocycles. The van der Waals surface area contributed by atoms with E-state index in [9.17, 15) is 4.79 Å². The molecule has 4 heteroatoms. The summed E-state index contributed by atoms with van der Waals surface area (Å²) in [6.45, 7) is 2.62. The van der Waals surface area contributed by atoms with Crippen molar-refractivity contribution in [1.29, 1.82) is 0 Å². The van der Waals surface area contributed by atoms with E-state index in [1.54, 1.807) is 23.3 Å². The minimum absolute atomic E-state index is 0.133. The molecule has 3 rings (SSSR count). The topological polar surface area (TPSA) is 29.5 Å². The molecule has 1 aromatic heterocycles. The van der Waals surface area contributed by atoms with E-state index in [-0.39, 0.29) is 11.8 Å². The predicted molar refractivity (Wildman–Crippen MR) is 99.7 cm³/mol. The van der Waals surface area contributed by atoms with Crippen LogP contribution in [0.3, 0.4) is 0 Å². The van der Waals surface area contributed by atoms with Crippen molar-refractivity contribution in [2.45, 2.75) is 19.4 Å². The maximum Gasteiger partial charge on any atom is 0.229 e. The zero-order chi connectivity index (χ0) is 17.1. The average molecular weight is 339 g/mol. The molecule has 0 spiro atoms. The van der Waals surface area contributed by atoms with Crippen LogP contribution in [0.2, 0.25) is 0 Å². The predicted octanol–water partition coefficient (Wildman–Crippen LogP) is 4.67. The first-order chi connectivity index (χ1) is 11.6. The number of fused-ring (bicyclic) bond motifs is 1. The van der Waals surface area contributed by atoms with Crippen LogP contribution in [0.1, 0.15) is 24.0 Å². The van der Waals surface area contributed by atoms with Gasteiger partial charge in [-0.05, 0) is 57.8 Å². The summed E-state index contributed by atoms with van der Waals surface area (Å²) >= 11 is 1.65. The summed E-state index contributed by atoms with van der Waals surface area (Å²) in [6, 6.07) is 14.2. The average Bonchev–Trinajstić information content (AvgIpc) is 3.12. The van der Waals surface area contributed by atoms with Gasteiger partial charge in [-0.25, -0.2) is 0 Å². The Labute approximate surface area is 146 Å². The lowest BCUT2D eigenvalue weighted by Gasteiger charge is -2.21. The molecule has 3 nitrogen and oxygen atoms in total. The number of rotatable bonds is 5. The maximum absolute atomic E-state index is 12.7. The van der Waals surface area contributed by atoms with Gasteiger partial charge in [0, 0.05) is 13.6 Å². The Bertz CT molecular complexity index is 842. The Hall–Kier alpha value is -2.33. The Balaban J connectivity index is 1.79. The highest BCUT2D eigenvalue weighted by Crippen LogP contribution is 2.26. The fourth-order valence-corrected chi connectivity index (χ4v) is 3.51. The van der Waals surface area contributed by atoms with Crippen molar-refractivity contribution in [3.8, 4) is 5.75 Å². The summed E-state index contributed by atoms with van der Waals surface area (Å²) in [5, 5.41) is 6.35. The second kappa shape index (κ2) is 7.05. The zero-order valence-corrected chi connectivity index (χ0v) is 15.0. The standard InChI is InChI=1S/C20H21NO2S/c1-14(20(22)21(2)12-15-8-9-24-13-15)16-4-5-18-11-19(23-3)7-6-17(18)10-16/h4-11,13-14H,12H2,1-3H3. The number of likely N-dealkylation sites (N-methyl/N-ethyl adjacent to an activating group) is 1. The summed E-state index contributed by atoms with van der Waals surface area (Å²) in [5.74, 6) is 0.809. The number of hydrogen-bond donors (Lipinski definition) is 0. The number of carbonyl (C=O) groups is 1. The van der Waals surface area contributed by atoms with E-state index in [0.717, 1.165) is 22.1 Å². The highest BCUT2D eigenvalue weighted by atomic mass is 32.1. The second-order valence-electron chi connectivity index (χ2n) is 6.02. The van der Waals surface area contributed by atoms with E-state index in [1.807, 2.05) is 43.6 Å². The van der Waals surface area contributed by atoms with Crippen LogP contribution >= 0.6 is 11.3 Å². The van der Waals surface area contributed by atoms with Gasteiger partial charge in [-0.2, -0.15) is 11.3 Å². The highest BCUT2D eigenvalue weighted by molar-refractivity contribution is 7.07. The fraction of sp³-hybridized carbons (Fsp3) is 0.250. The van der Waals surface area contributed by atoms with Gasteiger partial charge in [-0.3, -0.25) is 4.79 Å². The SMILES string of the molecule is COc1ccc2cc(C(C)C(=O)N(C)Cc3ccsc3)ccc2c1. The van der Waals surface area contributed by atoms with Crippen molar-refractivity contribution < 1.29 is 9.53 Å². The number of hydrogen-bond acceptors (Lipinski definition) is 3. The summed E-state index contributed by atoms with van der Waals surface area (Å²) in [7, 11) is 3.53. The summed E-state index contributed by atoms with van der Waals surface area (Å²) in [4.78, 5) is 14.5. The molecule has 0 N–H and O–H groups in total. The minimum atomic E-state index is -0.167. The molecule has 124 valence electrons. The third-order valence-corrected chi connectivity index (χ3v) is 5.05. The van der Waals surface area contributed by atoms with Crippen molar-refractivity contribution >= 4 is 28.0 Å². The molecule has 3 aromatic rings. The van der Waals surface area contributed by atoms with Crippen molar-refractivity contribution in [1.82, 2.24) is 4.90 Å². The molecule has 0 bridgehead atoms. The molecule has 0 saturated heterocycles. The number of amides is 1. The number of ether oxygens (including phenoxy) is 1. The summed E-state index contributed by atoms with van der Waals surface area (Å²) in [5.41, 5.74) is 2.21. The first kappa shape index (κ1) is 16.5. The van der Waals surface area contributed by atoms with Gasteiger partial charge in [-0.1, -0.05) is 24.3 Å². The van der Waals surface area contributed by atoms with Crippen LogP contribution in [0.25, 0.3) is 10.8 Å². The smallest absolute Gasteiger partial charge is 0.229 e. The summed E-state index contributed by atoms with van der Waals surface area (Å²) in [6.07, 6.45) is 0. The molecule has 0 fully saturated rings. The number of thiophene rings is 1. The van der Waals surface area contributed by atoms with Crippen molar-refractivity contribution in [3.63, 3.8) is 0 Å². The molecule has 0 radical (unpaired) electrons. The van der Waals surface area contributed by atoms with Crippen LogP contribution in [-0.4, -0.2) is 25.0 Å². The van der Waals surface area contributed by atoms with E-state index < -0.39 is 0 Å². The van der Waals surface area contributed by atoms with Crippen LogP contribution in [0.5, 0.6) is 5.75 Å². The molecule has 1 atom stereocenters. The van der Waals surface area contributed by atoms with Crippen molar-refractivity contribution in [2.75, 3.05) is 14.2 Å². The van der Waals surface area contributed by atoms with E-state index in [2.05, 4.69) is 23.6 Å². The van der Waals surface area contributed by atoms with E-state index in [1.165, 1.54) is 5.56 Å². The largest absolute Gasteiger partial charge is 0.497 e. The molecular formula is C20H21NO2S. The number of nitrogens with zero attached hydrogens (tertiary/aromatic N) is 1. The van der Waals surface area contributed by atoms with Crippen LogP contribution in [0.15, 0.2) is 53.2 Å². The van der Waals surface area contributed by atoms with Crippen LogP contribution in [-0.2, 0) is 11.3 Å². The number of methoxy groups -OCH3 is 1. The van der Waals surface area contributed by atoms with Gasteiger partial charge in [0.05, 0.1) is 13.0 Å². The van der Waals surface area contributed by atoms with E-state index in [4.69, 9.17) is 4.74 Å². The zero-order valence-electron chi connectivity index (χ0n) is 14.2. The molecule has 0 aliphatic rings. The molecule has 0 saturated carbocycles. The van der Waals surface area contributed by atoms with Gasteiger partial charge in [-0.15, -0.1) is 0 Å². The van der Waals surface area contributed by atoms with Gasteiger partial charge in [0.15, 0.2) is 0 Å². The Morgan fingerprint density at radius 1 is 1.17 bits per heavy atom. The molecule has 0 aliphatic carbocycles. The Morgan fingerprint density at radius 3 is 2.62 bits per heavy atom. The van der Waals surface area contributed by atoms with Crippen LogP contribution in [0, 0.1) is 0 Å².